The SMILES string of the molecule is CC(=O)CCCCc1cccc(NC(=O)CCl)c1. The number of carbonyl (C=O) groups excluding carboxylic acids is 2. The second-order valence-electron chi connectivity index (χ2n) is 4.29. The third-order valence-corrected chi connectivity index (χ3v) is 2.82. The molecule has 0 spiro atoms. The third kappa shape index (κ3) is 5.82. The Labute approximate surface area is 113 Å². The average molecular weight is 268 g/mol. The van der Waals surface area contributed by atoms with E-state index < -0.39 is 0 Å². The van der Waals surface area contributed by atoms with Crippen LogP contribution in [0.5, 0.6) is 0 Å². The van der Waals surface area contributed by atoms with Crippen molar-refractivity contribution in [3.8, 4) is 0 Å². The van der Waals surface area contributed by atoms with E-state index in [9.17, 15) is 9.59 Å². The Morgan fingerprint density at radius 2 is 2.06 bits per heavy atom. The maximum Gasteiger partial charge on any atom is 0.239 e. The number of alkyl halides is 1. The summed E-state index contributed by atoms with van der Waals surface area (Å²) in [6.07, 6.45) is 3.45. The normalized spacial score (nSPS) is 10.1. The van der Waals surface area contributed by atoms with Gasteiger partial charge in [-0.25, -0.2) is 0 Å². The van der Waals surface area contributed by atoms with Gasteiger partial charge in [0.25, 0.3) is 0 Å². The Bertz CT molecular complexity index is 418. The first-order valence-corrected chi connectivity index (χ1v) is 6.59. The number of nitrogens with one attached hydrogen (secondary N) is 1. The van der Waals surface area contributed by atoms with Crippen LogP contribution in [0.2, 0.25) is 0 Å². The molecule has 0 aromatic heterocycles. The minimum absolute atomic E-state index is 0.0389. The summed E-state index contributed by atoms with van der Waals surface area (Å²) in [4.78, 5) is 22.0. The van der Waals surface area contributed by atoms with Gasteiger partial charge in [0.05, 0.1) is 0 Å². The first-order valence-electron chi connectivity index (χ1n) is 6.06. The predicted molar refractivity (Wildman–Crippen MR) is 74.0 cm³/mol. The van der Waals surface area contributed by atoms with E-state index >= 15 is 0 Å². The van der Waals surface area contributed by atoms with Gasteiger partial charge in [0, 0.05) is 12.1 Å². The number of anilines is 1. The number of hydrogen-bond donors (Lipinski definition) is 1. The maximum absolute atomic E-state index is 11.1. The van der Waals surface area contributed by atoms with Crippen LogP contribution in [0, 0.1) is 0 Å². The van der Waals surface area contributed by atoms with Gasteiger partial charge in [-0.1, -0.05) is 12.1 Å². The lowest BCUT2D eigenvalue weighted by molar-refractivity contribution is -0.117. The average Bonchev–Trinajstić information content (AvgIpc) is 2.35. The molecule has 0 unspecified atom stereocenters. The number of carbonyl (C=O) groups is 2. The number of Topliss-reactive ketones (excluding diaryl/α,β-unsaturated/α-hetero) is 1. The van der Waals surface area contributed by atoms with Crippen molar-refractivity contribution >= 4 is 29.0 Å². The Morgan fingerprint density at radius 3 is 2.72 bits per heavy atom. The van der Waals surface area contributed by atoms with Crippen LogP contribution in [0.3, 0.4) is 0 Å². The highest BCUT2D eigenvalue weighted by molar-refractivity contribution is 6.29. The van der Waals surface area contributed by atoms with Gasteiger partial charge in [-0.3, -0.25) is 4.79 Å². The highest BCUT2D eigenvalue weighted by atomic mass is 35.5. The minimum Gasteiger partial charge on any atom is -0.325 e. The van der Waals surface area contributed by atoms with Gasteiger partial charge in [0.15, 0.2) is 0 Å². The number of unbranched alkanes of at least 4 members (excludes halogenated alkanes) is 1. The molecule has 0 aliphatic rings. The van der Waals surface area contributed by atoms with E-state index in [-0.39, 0.29) is 17.6 Å². The summed E-state index contributed by atoms with van der Waals surface area (Å²) in [6.45, 7) is 1.61. The number of ketones is 1. The lowest BCUT2D eigenvalue weighted by atomic mass is 10.1. The summed E-state index contributed by atoms with van der Waals surface area (Å²) in [7, 11) is 0. The van der Waals surface area contributed by atoms with Crippen molar-refractivity contribution in [2.75, 3.05) is 11.2 Å². The van der Waals surface area contributed by atoms with Crippen molar-refractivity contribution in [3.05, 3.63) is 29.8 Å². The summed E-state index contributed by atoms with van der Waals surface area (Å²) in [5.41, 5.74) is 1.93. The summed E-state index contributed by atoms with van der Waals surface area (Å²) in [6, 6.07) is 7.70. The number of hydrogen-bond acceptors (Lipinski definition) is 2. The Morgan fingerprint density at radius 1 is 1.28 bits per heavy atom. The molecular weight excluding hydrogens is 250 g/mol. The molecule has 98 valence electrons. The van der Waals surface area contributed by atoms with Crippen LogP contribution in [-0.4, -0.2) is 17.6 Å². The van der Waals surface area contributed by atoms with Crippen LogP contribution in [0.15, 0.2) is 24.3 Å². The first kappa shape index (κ1) is 14.7. The molecule has 1 aromatic carbocycles. The van der Waals surface area contributed by atoms with Gasteiger partial charge >= 0.3 is 0 Å². The van der Waals surface area contributed by atoms with E-state index in [0.717, 1.165) is 30.5 Å². The quantitative estimate of drug-likeness (QED) is 0.609. The van der Waals surface area contributed by atoms with Crippen molar-refractivity contribution in [3.63, 3.8) is 0 Å². The van der Waals surface area contributed by atoms with Crippen LogP contribution in [0.1, 0.15) is 31.7 Å². The standard InChI is InChI=1S/C14H18ClNO2/c1-11(17)5-2-3-6-12-7-4-8-13(9-12)16-14(18)10-15/h4,7-9H,2-3,5-6,10H2,1H3,(H,16,18). The fourth-order valence-electron chi connectivity index (χ4n) is 1.70. The molecule has 0 aliphatic carbocycles. The van der Waals surface area contributed by atoms with Crippen molar-refractivity contribution < 1.29 is 9.59 Å². The molecule has 0 bridgehead atoms. The molecule has 1 N–H and O–H groups in total. The number of halogens is 1. The number of aryl methyl sites for hydroxylation is 1. The van der Waals surface area contributed by atoms with Crippen molar-refractivity contribution in [1.82, 2.24) is 0 Å². The van der Waals surface area contributed by atoms with E-state index in [2.05, 4.69) is 5.32 Å². The van der Waals surface area contributed by atoms with Gasteiger partial charge in [-0.2, -0.15) is 0 Å². The number of amides is 1. The second kappa shape index (κ2) is 7.88. The molecule has 4 heteroatoms. The van der Waals surface area contributed by atoms with Crippen molar-refractivity contribution in [2.24, 2.45) is 0 Å². The second-order valence-corrected chi connectivity index (χ2v) is 4.56. The highest BCUT2D eigenvalue weighted by Crippen LogP contribution is 2.13. The molecule has 18 heavy (non-hydrogen) atoms. The molecule has 0 aliphatic heterocycles. The fourth-order valence-corrected chi connectivity index (χ4v) is 1.77. The lowest BCUT2D eigenvalue weighted by Crippen LogP contribution is -2.12. The molecule has 1 aromatic rings. The van der Waals surface area contributed by atoms with E-state index in [1.54, 1.807) is 6.92 Å². The molecule has 0 radical (unpaired) electrons. The van der Waals surface area contributed by atoms with Crippen LogP contribution in [0.25, 0.3) is 0 Å². The van der Waals surface area contributed by atoms with E-state index in [0.29, 0.717) is 6.42 Å². The van der Waals surface area contributed by atoms with Crippen LogP contribution < -0.4 is 5.32 Å². The monoisotopic (exact) mass is 267 g/mol. The molecule has 0 saturated heterocycles. The largest absolute Gasteiger partial charge is 0.325 e. The molecular formula is C14H18ClNO2. The smallest absolute Gasteiger partial charge is 0.239 e. The van der Waals surface area contributed by atoms with Crippen molar-refractivity contribution in [2.45, 2.75) is 32.6 Å². The lowest BCUT2D eigenvalue weighted by Gasteiger charge is -2.06. The Hall–Kier alpha value is -1.35. The van der Waals surface area contributed by atoms with E-state index in [4.69, 9.17) is 11.6 Å². The Balaban J connectivity index is 2.44. The molecule has 0 saturated carbocycles. The maximum atomic E-state index is 11.1. The van der Waals surface area contributed by atoms with Gasteiger partial charge in [0.2, 0.25) is 5.91 Å². The first-order chi connectivity index (χ1) is 8.61. The van der Waals surface area contributed by atoms with Gasteiger partial charge in [-0.15, -0.1) is 11.6 Å². The number of benzene rings is 1. The fraction of sp³-hybridized carbons (Fsp3) is 0.429. The Kier molecular flexibility index (Phi) is 6.44. The van der Waals surface area contributed by atoms with Gasteiger partial charge < -0.3 is 10.1 Å². The topological polar surface area (TPSA) is 46.2 Å². The summed E-state index contributed by atoms with van der Waals surface area (Å²) < 4.78 is 0. The molecule has 1 rings (SSSR count). The van der Waals surface area contributed by atoms with Crippen LogP contribution >= 0.6 is 11.6 Å². The summed E-state index contributed by atoms with van der Waals surface area (Å²) >= 11 is 5.43. The zero-order chi connectivity index (χ0) is 13.4. The van der Waals surface area contributed by atoms with E-state index in [1.807, 2.05) is 24.3 Å². The predicted octanol–water partition coefficient (Wildman–Crippen LogP) is 3.17. The zero-order valence-electron chi connectivity index (χ0n) is 10.5. The molecule has 0 heterocycles. The molecule has 3 nitrogen and oxygen atoms in total. The minimum atomic E-state index is -0.203. The van der Waals surface area contributed by atoms with Crippen LogP contribution in [-0.2, 0) is 16.0 Å². The molecule has 1 amide bonds. The summed E-state index contributed by atoms with van der Waals surface area (Å²) in [5.74, 6) is -0.00781. The van der Waals surface area contributed by atoms with Crippen LogP contribution in [0.4, 0.5) is 5.69 Å². The summed E-state index contributed by atoms with van der Waals surface area (Å²) in [5, 5.41) is 2.72. The van der Waals surface area contributed by atoms with E-state index in [1.165, 1.54) is 0 Å². The van der Waals surface area contributed by atoms with Gasteiger partial charge in [0.1, 0.15) is 11.7 Å². The molecule has 0 fully saturated rings. The third-order valence-electron chi connectivity index (χ3n) is 2.58. The zero-order valence-corrected chi connectivity index (χ0v) is 11.3. The number of rotatable bonds is 7. The van der Waals surface area contributed by atoms with Gasteiger partial charge in [-0.05, 0) is 43.9 Å². The van der Waals surface area contributed by atoms with Crippen molar-refractivity contribution in [1.29, 1.82) is 0 Å². The molecule has 0 atom stereocenters. The highest BCUT2D eigenvalue weighted by Gasteiger charge is 2.01.